The third-order valence-corrected chi connectivity index (χ3v) is 3.64. The number of rotatable bonds is 5. The van der Waals surface area contributed by atoms with Crippen molar-refractivity contribution in [2.24, 2.45) is 0 Å². The third-order valence-electron chi connectivity index (χ3n) is 3.33. The van der Waals surface area contributed by atoms with E-state index in [0.29, 0.717) is 6.54 Å². The Morgan fingerprint density at radius 3 is 2.73 bits per heavy atom. The van der Waals surface area contributed by atoms with Crippen molar-refractivity contribution in [3.8, 4) is 5.75 Å². The largest absolute Gasteiger partial charge is 0.506 e. The van der Waals surface area contributed by atoms with E-state index in [1.165, 1.54) is 6.07 Å². The average Bonchev–Trinajstić information content (AvgIpc) is 2.72. The zero-order valence-corrected chi connectivity index (χ0v) is 13.7. The first-order valence-electron chi connectivity index (χ1n) is 7.13. The minimum atomic E-state index is -0.0872. The average molecular weight is 322 g/mol. The molecule has 2 aromatic rings. The molecular formula is C16H20ClN3O2. The Bertz CT molecular complexity index is 682. The summed E-state index contributed by atoms with van der Waals surface area (Å²) in [4.78, 5) is 12.1. The van der Waals surface area contributed by atoms with Crippen LogP contribution in [0, 0.1) is 13.8 Å². The van der Waals surface area contributed by atoms with E-state index < -0.39 is 0 Å². The lowest BCUT2D eigenvalue weighted by Gasteiger charge is -2.15. The molecule has 6 heteroatoms. The van der Waals surface area contributed by atoms with Gasteiger partial charge in [0.2, 0.25) is 5.91 Å². The summed E-state index contributed by atoms with van der Waals surface area (Å²) in [7, 11) is 0. The van der Waals surface area contributed by atoms with Gasteiger partial charge in [0.1, 0.15) is 5.75 Å². The molecule has 2 N–H and O–H groups in total. The lowest BCUT2D eigenvalue weighted by molar-refractivity contribution is -0.121. The molecule has 1 heterocycles. The summed E-state index contributed by atoms with van der Waals surface area (Å²) in [6.45, 7) is 6.51. The van der Waals surface area contributed by atoms with E-state index in [4.69, 9.17) is 11.6 Å². The number of benzene rings is 1. The summed E-state index contributed by atoms with van der Waals surface area (Å²) >= 11 is 5.84. The molecule has 5 nitrogen and oxygen atoms in total. The quantitative estimate of drug-likeness (QED) is 0.889. The van der Waals surface area contributed by atoms with Gasteiger partial charge < -0.3 is 10.4 Å². The summed E-state index contributed by atoms with van der Waals surface area (Å²) in [5, 5.41) is 16.9. The van der Waals surface area contributed by atoms with E-state index in [-0.39, 0.29) is 29.1 Å². The zero-order chi connectivity index (χ0) is 16.3. The number of aromatic nitrogens is 2. The Kier molecular flexibility index (Phi) is 5.08. The highest BCUT2D eigenvalue weighted by molar-refractivity contribution is 6.32. The second-order valence-corrected chi connectivity index (χ2v) is 5.95. The van der Waals surface area contributed by atoms with Crippen molar-refractivity contribution in [1.82, 2.24) is 15.1 Å². The van der Waals surface area contributed by atoms with Gasteiger partial charge in [-0.25, -0.2) is 0 Å². The van der Waals surface area contributed by atoms with Gasteiger partial charge in [-0.3, -0.25) is 9.48 Å². The first-order valence-corrected chi connectivity index (χ1v) is 7.50. The lowest BCUT2D eigenvalue weighted by atomic mass is 10.1. The maximum atomic E-state index is 12.1. The van der Waals surface area contributed by atoms with Gasteiger partial charge in [-0.2, -0.15) is 5.10 Å². The Labute approximate surface area is 134 Å². The van der Waals surface area contributed by atoms with Crippen molar-refractivity contribution in [2.75, 3.05) is 0 Å². The number of carbonyl (C=O) groups is 1. The van der Waals surface area contributed by atoms with E-state index in [1.807, 2.05) is 31.5 Å². The number of aromatic hydroxyl groups is 1. The normalized spacial score (nSPS) is 12.2. The van der Waals surface area contributed by atoms with Crippen molar-refractivity contribution in [3.63, 3.8) is 0 Å². The molecular weight excluding hydrogens is 302 g/mol. The molecule has 0 radical (unpaired) electrons. The number of phenols is 1. The van der Waals surface area contributed by atoms with Gasteiger partial charge in [0.15, 0.2) is 0 Å². The van der Waals surface area contributed by atoms with E-state index in [1.54, 1.807) is 12.1 Å². The summed E-state index contributed by atoms with van der Waals surface area (Å²) in [6, 6.07) is 6.75. The highest BCUT2D eigenvalue weighted by atomic mass is 35.5. The monoisotopic (exact) mass is 321 g/mol. The fourth-order valence-corrected chi connectivity index (χ4v) is 2.54. The number of halogens is 1. The number of nitrogens with zero attached hydrogens (tertiary/aromatic N) is 2. The molecule has 22 heavy (non-hydrogen) atoms. The molecule has 0 unspecified atom stereocenters. The van der Waals surface area contributed by atoms with Crippen molar-refractivity contribution in [2.45, 2.75) is 39.8 Å². The SMILES string of the molecule is Cc1cc(C)n(C[C@H](C)NC(=O)Cc2ccc(O)c(Cl)c2)n1. The number of hydrogen-bond donors (Lipinski definition) is 2. The Morgan fingerprint density at radius 1 is 1.41 bits per heavy atom. The van der Waals surface area contributed by atoms with Gasteiger partial charge in [0, 0.05) is 11.7 Å². The maximum Gasteiger partial charge on any atom is 0.224 e. The highest BCUT2D eigenvalue weighted by Gasteiger charge is 2.11. The summed E-state index contributed by atoms with van der Waals surface area (Å²) in [6.07, 6.45) is 0.224. The van der Waals surface area contributed by atoms with E-state index in [0.717, 1.165) is 17.0 Å². The fraction of sp³-hybridized carbons (Fsp3) is 0.375. The van der Waals surface area contributed by atoms with Gasteiger partial charge in [-0.15, -0.1) is 0 Å². The van der Waals surface area contributed by atoms with Crippen molar-refractivity contribution < 1.29 is 9.90 Å². The molecule has 1 aromatic heterocycles. The molecule has 1 aromatic carbocycles. The minimum Gasteiger partial charge on any atom is -0.506 e. The van der Waals surface area contributed by atoms with Crippen LogP contribution >= 0.6 is 11.6 Å². The number of amides is 1. The van der Waals surface area contributed by atoms with Gasteiger partial charge in [-0.05, 0) is 44.5 Å². The van der Waals surface area contributed by atoms with Gasteiger partial charge in [0.25, 0.3) is 0 Å². The topological polar surface area (TPSA) is 67.2 Å². The minimum absolute atomic E-state index is 0.0173. The van der Waals surface area contributed by atoms with Crippen LogP contribution in [-0.4, -0.2) is 26.8 Å². The second-order valence-electron chi connectivity index (χ2n) is 5.54. The van der Waals surface area contributed by atoms with E-state index >= 15 is 0 Å². The Hall–Kier alpha value is -2.01. The van der Waals surface area contributed by atoms with Crippen molar-refractivity contribution in [3.05, 3.63) is 46.2 Å². The first-order chi connectivity index (χ1) is 10.3. The Balaban J connectivity index is 1.91. The molecule has 2 rings (SSSR count). The van der Waals surface area contributed by atoms with Gasteiger partial charge in [-0.1, -0.05) is 17.7 Å². The predicted molar refractivity (Wildman–Crippen MR) is 86.1 cm³/mol. The van der Waals surface area contributed by atoms with Crippen LogP contribution in [0.4, 0.5) is 0 Å². The van der Waals surface area contributed by atoms with Crippen molar-refractivity contribution in [1.29, 1.82) is 0 Å². The van der Waals surface area contributed by atoms with E-state index in [2.05, 4.69) is 10.4 Å². The van der Waals surface area contributed by atoms with Crippen LogP contribution in [0.1, 0.15) is 23.9 Å². The number of aryl methyl sites for hydroxylation is 2. The molecule has 0 bridgehead atoms. The number of phenolic OH excluding ortho intramolecular Hbond substituents is 1. The summed E-state index contributed by atoms with van der Waals surface area (Å²) in [5.41, 5.74) is 2.80. The highest BCUT2D eigenvalue weighted by Crippen LogP contribution is 2.23. The Morgan fingerprint density at radius 2 is 2.14 bits per heavy atom. The van der Waals surface area contributed by atoms with Crippen LogP contribution in [0.3, 0.4) is 0 Å². The molecule has 0 aliphatic heterocycles. The molecule has 0 spiro atoms. The van der Waals surface area contributed by atoms with Crippen LogP contribution in [0.15, 0.2) is 24.3 Å². The zero-order valence-electron chi connectivity index (χ0n) is 12.9. The van der Waals surface area contributed by atoms with Gasteiger partial charge in [0.05, 0.1) is 23.7 Å². The summed E-state index contributed by atoms with van der Waals surface area (Å²) in [5.74, 6) is -0.0699. The molecule has 118 valence electrons. The molecule has 0 fully saturated rings. The van der Waals surface area contributed by atoms with Crippen LogP contribution in [-0.2, 0) is 17.8 Å². The number of nitrogens with one attached hydrogen (secondary N) is 1. The van der Waals surface area contributed by atoms with Crippen LogP contribution in [0.25, 0.3) is 0 Å². The first kappa shape index (κ1) is 16.4. The molecule has 0 aliphatic carbocycles. The molecule has 0 saturated heterocycles. The standard InChI is InChI=1S/C16H20ClN3O2/c1-10-6-12(3)20(19-10)9-11(2)18-16(22)8-13-4-5-15(21)14(17)7-13/h4-7,11,21H,8-9H2,1-3H3,(H,18,22)/t11-/m0/s1. The van der Waals surface area contributed by atoms with Gasteiger partial charge >= 0.3 is 0 Å². The smallest absolute Gasteiger partial charge is 0.224 e. The maximum absolute atomic E-state index is 12.1. The molecule has 1 atom stereocenters. The third kappa shape index (κ3) is 4.24. The molecule has 0 saturated carbocycles. The van der Waals surface area contributed by atoms with Crippen LogP contribution in [0.2, 0.25) is 5.02 Å². The second kappa shape index (κ2) is 6.83. The van der Waals surface area contributed by atoms with Crippen molar-refractivity contribution >= 4 is 17.5 Å². The number of hydrogen-bond acceptors (Lipinski definition) is 3. The lowest BCUT2D eigenvalue weighted by Crippen LogP contribution is -2.37. The van der Waals surface area contributed by atoms with E-state index in [9.17, 15) is 9.90 Å². The molecule has 0 aliphatic rings. The predicted octanol–water partition coefficient (Wildman–Crippen LogP) is 2.61. The fourth-order valence-electron chi connectivity index (χ4n) is 2.34. The number of carbonyl (C=O) groups excluding carboxylic acids is 1. The van der Waals surface area contributed by atoms with Crippen LogP contribution in [0.5, 0.6) is 5.75 Å². The molecule has 1 amide bonds. The van der Waals surface area contributed by atoms with Crippen LogP contribution < -0.4 is 5.32 Å². The summed E-state index contributed by atoms with van der Waals surface area (Å²) < 4.78 is 1.89.